The third-order valence-electron chi connectivity index (χ3n) is 0. The van der Waals surface area contributed by atoms with E-state index in [-0.39, 0.29) is 53.0 Å². The van der Waals surface area contributed by atoms with Crippen LogP contribution in [0.4, 0.5) is 4.79 Å². The van der Waals surface area contributed by atoms with Crippen LogP contribution in [0.5, 0.6) is 0 Å². The maximum atomic E-state index is 8.56. The van der Waals surface area contributed by atoms with Crippen molar-refractivity contribution in [2.75, 3.05) is 0 Å². The Morgan fingerprint density at radius 2 is 1.29 bits per heavy atom. The van der Waals surface area contributed by atoms with Gasteiger partial charge in [-0.3, -0.25) is 0 Å². The van der Waals surface area contributed by atoms with Gasteiger partial charge in [0.25, 0.3) is 0 Å². The molecule has 0 aromatic carbocycles. The van der Waals surface area contributed by atoms with Crippen molar-refractivity contribution in [3.63, 3.8) is 0 Å². The summed E-state index contributed by atoms with van der Waals surface area (Å²) in [6.07, 6.45) is -1.83. The molecule has 0 radical (unpaired) electrons. The zero-order chi connectivity index (χ0) is 3.58. The summed E-state index contributed by atoms with van der Waals surface area (Å²) < 4.78 is 0. The maximum absolute atomic E-state index is 8.56. The standard InChI is InChI=1S/CH2O3.ClH.2Li.2H/c2-1(3)4;;;;;/h(H2,2,3,4);1H;;;;/q;;2*+1;2*-1. The van der Waals surface area contributed by atoms with Crippen molar-refractivity contribution in [3.05, 3.63) is 0 Å². The molecule has 6 heteroatoms. The SMILES string of the molecule is Cl.O=C(O)O.[H-].[H-].[Li+].[Li+]. The van der Waals surface area contributed by atoms with Crippen molar-refractivity contribution < 1.29 is 55.6 Å². The largest absolute Gasteiger partial charge is 1.00 e. The van der Waals surface area contributed by atoms with Crippen molar-refractivity contribution in [2.45, 2.75) is 0 Å². The molecule has 7 heavy (non-hydrogen) atoms. The van der Waals surface area contributed by atoms with E-state index in [4.69, 9.17) is 15.0 Å². The summed E-state index contributed by atoms with van der Waals surface area (Å²) >= 11 is 0. The van der Waals surface area contributed by atoms with Crippen LogP contribution in [0.3, 0.4) is 0 Å². The molecule has 3 nitrogen and oxygen atoms in total. The van der Waals surface area contributed by atoms with Crippen molar-refractivity contribution in [1.82, 2.24) is 0 Å². The van der Waals surface area contributed by atoms with Gasteiger partial charge in [0.15, 0.2) is 0 Å². The summed E-state index contributed by atoms with van der Waals surface area (Å²) in [5.74, 6) is 0. The molecule has 0 aliphatic heterocycles. The van der Waals surface area contributed by atoms with E-state index in [0.717, 1.165) is 0 Å². The van der Waals surface area contributed by atoms with Crippen LogP contribution in [0.25, 0.3) is 0 Å². The summed E-state index contributed by atoms with van der Waals surface area (Å²) in [6, 6.07) is 0. The molecule has 0 unspecified atom stereocenters. The first-order chi connectivity index (χ1) is 1.73. The van der Waals surface area contributed by atoms with E-state index in [2.05, 4.69) is 0 Å². The van der Waals surface area contributed by atoms with E-state index < -0.39 is 6.16 Å². The Labute approximate surface area is 74.2 Å². The molecule has 0 rings (SSSR count). The Morgan fingerprint density at radius 3 is 1.29 bits per heavy atom. The minimum atomic E-state index is -1.83. The van der Waals surface area contributed by atoms with Crippen LogP contribution < -0.4 is 37.7 Å². The van der Waals surface area contributed by atoms with Crippen LogP contribution in [-0.4, -0.2) is 16.4 Å². The zero-order valence-corrected chi connectivity index (χ0v) is 5.03. The monoisotopic (exact) mass is 114 g/mol. The molecule has 0 aromatic rings. The van der Waals surface area contributed by atoms with Crippen molar-refractivity contribution >= 4 is 18.6 Å². The molecular formula is CH5ClLi2O3. The summed E-state index contributed by atoms with van der Waals surface area (Å²) in [6.45, 7) is 0. The Balaban J connectivity index is -0.00000000450. The molecule has 0 heterocycles. The molecule has 36 valence electrons. The van der Waals surface area contributed by atoms with Crippen LogP contribution >= 0.6 is 12.4 Å². The Morgan fingerprint density at radius 1 is 1.29 bits per heavy atom. The fourth-order valence-corrected chi connectivity index (χ4v) is 0. The number of halogens is 1. The molecule has 2 N–H and O–H groups in total. The van der Waals surface area contributed by atoms with E-state index in [1.165, 1.54) is 0 Å². The molecular weight excluding hydrogens is 109 g/mol. The normalized spacial score (nSPS) is 3.43. The smallest absolute Gasteiger partial charge is 1.00 e. The molecule has 0 aromatic heterocycles. The minimum absolute atomic E-state index is 0. The van der Waals surface area contributed by atoms with Gasteiger partial charge in [0.05, 0.1) is 0 Å². The van der Waals surface area contributed by atoms with Crippen LogP contribution in [0.1, 0.15) is 2.85 Å². The number of hydrogen-bond donors (Lipinski definition) is 2. The van der Waals surface area contributed by atoms with Gasteiger partial charge in [-0.2, -0.15) is 0 Å². The van der Waals surface area contributed by atoms with Gasteiger partial charge in [-0.05, 0) is 0 Å². The fourth-order valence-electron chi connectivity index (χ4n) is 0. The van der Waals surface area contributed by atoms with Crippen LogP contribution in [0.2, 0.25) is 0 Å². The second-order valence-electron chi connectivity index (χ2n) is 0.283. The van der Waals surface area contributed by atoms with Gasteiger partial charge in [-0.1, -0.05) is 0 Å². The van der Waals surface area contributed by atoms with E-state index in [1.807, 2.05) is 0 Å². The predicted octanol–water partition coefficient (Wildman–Crippen LogP) is -5.12. The Bertz CT molecular complexity index is 42.8. The molecule has 0 bridgehead atoms. The third-order valence-corrected chi connectivity index (χ3v) is 0. The van der Waals surface area contributed by atoms with Gasteiger partial charge < -0.3 is 13.1 Å². The Kier molecular flexibility index (Phi) is 56.9. The molecule has 0 atom stereocenters. The number of carboxylic acid groups (broad SMARTS) is 2. The van der Waals surface area contributed by atoms with Crippen LogP contribution in [0.15, 0.2) is 0 Å². The van der Waals surface area contributed by atoms with Gasteiger partial charge in [0, 0.05) is 0 Å². The maximum Gasteiger partial charge on any atom is 1.00 e. The molecule has 0 fully saturated rings. The molecule has 0 saturated heterocycles. The summed E-state index contributed by atoms with van der Waals surface area (Å²) in [7, 11) is 0. The van der Waals surface area contributed by atoms with Crippen molar-refractivity contribution in [1.29, 1.82) is 0 Å². The molecule has 0 aliphatic carbocycles. The van der Waals surface area contributed by atoms with Crippen LogP contribution in [-0.2, 0) is 0 Å². The van der Waals surface area contributed by atoms with Gasteiger partial charge in [0.2, 0.25) is 0 Å². The predicted molar refractivity (Wildman–Crippen MR) is 20.1 cm³/mol. The average molecular weight is 114 g/mol. The first-order valence-corrected chi connectivity index (χ1v) is 0.651. The second-order valence-corrected chi connectivity index (χ2v) is 0.283. The van der Waals surface area contributed by atoms with Crippen LogP contribution in [0, 0.1) is 0 Å². The second kappa shape index (κ2) is 15.9. The number of rotatable bonds is 0. The van der Waals surface area contributed by atoms with E-state index in [0.29, 0.717) is 0 Å². The van der Waals surface area contributed by atoms with Gasteiger partial charge in [-0.15, -0.1) is 12.4 Å². The number of carbonyl (C=O) groups is 1. The molecule has 0 spiro atoms. The topological polar surface area (TPSA) is 57.5 Å². The quantitative estimate of drug-likeness (QED) is 0.310. The first kappa shape index (κ1) is 25.1. The van der Waals surface area contributed by atoms with E-state index >= 15 is 0 Å². The first-order valence-electron chi connectivity index (χ1n) is 0.651. The molecule has 0 aliphatic rings. The number of hydrogen-bond acceptors (Lipinski definition) is 1. The summed E-state index contributed by atoms with van der Waals surface area (Å²) in [5, 5.41) is 13.9. The van der Waals surface area contributed by atoms with Gasteiger partial charge >= 0.3 is 43.9 Å². The average Bonchev–Trinajstić information content (AvgIpc) is 0.811. The van der Waals surface area contributed by atoms with Gasteiger partial charge in [-0.25, -0.2) is 4.79 Å². The molecule has 0 amide bonds. The van der Waals surface area contributed by atoms with E-state index in [9.17, 15) is 0 Å². The third kappa shape index (κ3) is 268. The summed E-state index contributed by atoms with van der Waals surface area (Å²) in [4.78, 5) is 8.56. The minimum Gasteiger partial charge on any atom is -1.00 e. The Hall–Kier alpha value is 0.755. The molecule has 0 saturated carbocycles. The fraction of sp³-hybridized carbons (Fsp3) is 0. The van der Waals surface area contributed by atoms with Crippen molar-refractivity contribution in [3.8, 4) is 0 Å². The van der Waals surface area contributed by atoms with Gasteiger partial charge in [0.1, 0.15) is 0 Å². The van der Waals surface area contributed by atoms with Crippen molar-refractivity contribution in [2.24, 2.45) is 0 Å². The summed E-state index contributed by atoms with van der Waals surface area (Å²) in [5.41, 5.74) is 0. The van der Waals surface area contributed by atoms with E-state index in [1.54, 1.807) is 0 Å². The zero-order valence-electron chi connectivity index (χ0n) is 6.21.